The highest BCUT2D eigenvalue weighted by Gasteiger charge is 2.14. The van der Waals surface area contributed by atoms with Gasteiger partial charge in [-0.3, -0.25) is 10.1 Å². The van der Waals surface area contributed by atoms with Crippen LogP contribution in [0, 0.1) is 6.92 Å². The van der Waals surface area contributed by atoms with Crippen molar-refractivity contribution in [1.82, 2.24) is 14.8 Å². The average Bonchev–Trinajstić information content (AvgIpc) is 3.39. The van der Waals surface area contributed by atoms with Gasteiger partial charge in [-0.1, -0.05) is 41.9 Å². The molecule has 8 heteroatoms. The van der Waals surface area contributed by atoms with Gasteiger partial charge in [0.25, 0.3) is 5.91 Å². The molecule has 1 N–H and O–H groups in total. The zero-order valence-corrected chi connectivity index (χ0v) is 17.0. The fourth-order valence-corrected chi connectivity index (χ4v) is 2.92. The van der Waals surface area contributed by atoms with Crippen LogP contribution in [0.25, 0.3) is 0 Å². The minimum absolute atomic E-state index is 0.153. The van der Waals surface area contributed by atoms with Gasteiger partial charge in [-0.25, -0.2) is 9.67 Å². The molecule has 0 aliphatic heterocycles. The molecule has 4 aromatic rings. The van der Waals surface area contributed by atoms with Crippen LogP contribution in [0.15, 0.2) is 71.4 Å². The standard InChI is InChI=1S/C22H19ClN4O3/c1-15-11-17(7-9-19(15)23)29-13-18-8-10-20(30-18)21(28)25-22-24-14-27(26-22)12-16-5-3-2-4-6-16/h2-11,14H,12-13H2,1H3,(H,25,26,28). The van der Waals surface area contributed by atoms with Gasteiger partial charge < -0.3 is 9.15 Å². The zero-order valence-electron chi connectivity index (χ0n) is 16.2. The molecule has 0 radical (unpaired) electrons. The van der Waals surface area contributed by atoms with Gasteiger partial charge in [0, 0.05) is 5.02 Å². The van der Waals surface area contributed by atoms with E-state index in [1.165, 1.54) is 0 Å². The van der Waals surface area contributed by atoms with Gasteiger partial charge in [0.15, 0.2) is 5.76 Å². The van der Waals surface area contributed by atoms with Crippen molar-refractivity contribution in [1.29, 1.82) is 0 Å². The lowest BCUT2D eigenvalue weighted by Crippen LogP contribution is -2.12. The second kappa shape index (κ2) is 8.84. The molecular weight excluding hydrogens is 404 g/mol. The van der Waals surface area contributed by atoms with E-state index in [4.69, 9.17) is 20.8 Å². The fourth-order valence-electron chi connectivity index (χ4n) is 2.80. The number of hydrogen-bond acceptors (Lipinski definition) is 5. The number of anilines is 1. The number of aryl methyl sites for hydroxylation is 1. The monoisotopic (exact) mass is 422 g/mol. The molecular formula is C22H19ClN4O3. The van der Waals surface area contributed by atoms with E-state index in [0.29, 0.717) is 23.1 Å². The maximum atomic E-state index is 12.4. The molecule has 0 saturated carbocycles. The van der Waals surface area contributed by atoms with E-state index in [9.17, 15) is 4.79 Å². The van der Waals surface area contributed by atoms with Crippen molar-refractivity contribution in [3.8, 4) is 5.75 Å². The topological polar surface area (TPSA) is 82.2 Å². The normalized spacial score (nSPS) is 10.7. The third-order valence-electron chi connectivity index (χ3n) is 4.35. The number of carbonyl (C=O) groups is 1. The van der Waals surface area contributed by atoms with Gasteiger partial charge in [-0.15, -0.1) is 5.10 Å². The van der Waals surface area contributed by atoms with Crippen molar-refractivity contribution in [2.45, 2.75) is 20.1 Å². The third-order valence-corrected chi connectivity index (χ3v) is 4.77. The fraction of sp³-hybridized carbons (Fsp3) is 0.136. The van der Waals surface area contributed by atoms with Crippen LogP contribution in [-0.2, 0) is 13.2 Å². The van der Waals surface area contributed by atoms with Crippen LogP contribution in [0.2, 0.25) is 5.02 Å². The number of nitrogens with one attached hydrogen (secondary N) is 1. The highest BCUT2D eigenvalue weighted by molar-refractivity contribution is 6.31. The number of benzene rings is 2. The Hall–Kier alpha value is -3.58. The summed E-state index contributed by atoms with van der Waals surface area (Å²) in [6.45, 7) is 2.66. The Morgan fingerprint density at radius 3 is 2.80 bits per heavy atom. The lowest BCUT2D eigenvalue weighted by atomic mass is 10.2. The average molecular weight is 423 g/mol. The van der Waals surface area contributed by atoms with Gasteiger partial charge in [-0.2, -0.15) is 0 Å². The largest absolute Gasteiger partial charge is 0.486 e. The van der Waals surface area contributed by atoms with Gasteiger partial charge >= 0.3 is 0 Å². The molecule has 0 spiro atoms. The molecule has 2 aromatic heterocycles. The number of rotatable bonds is 7. The molecule has 0 fully saturated rings. The molecule has 152 valence electrons. The highest BCUT2D eigenvalue weighted by Crippen LogP contribution is 2.22. The Labute approximate surface area is 178 Å². The predicted molar refractivity (Wildman–Crippen MR) is 113 cm³/mol. The Morgan fingerprint density at radius 2 is 2.00 bits per heavy atom. The molecule has 1 amide bonds. The van der Waals surface area contributed by atoms with Gasteiger partial charge in [0.1, 0.15) is 24.4 Å². The number of amides is 1. The van der Waals surface area contributed by atoms with E-state index in [-0.39, 0.29) is 18.3 Å². The number of carbonyl (C=O) groups excluding carboxylic acids is 1. The third kappa shape index (κ3) is 4.87. The van der Waals surface area contributed by atoms with E-state index < -0.39 is 5.91 Å². The first-order valence-corrected chi connectivity index (χ1v) is 9.67. The van der Waals surface area contributed by atoms with Gasteiger partial charge in [0.2, 0.25) is 5.95 Å². The number of hydrogen-bond donors (Lipinski definition) is 1. The lowest BCUT2D eigenvalue weighted by Gasteiger charge is -2.06. The van der Waals surface area contributed by atoms with Crippen molar-refractivity contribution < 1.29 is 13.9 Å². The number of aromatic nitrogens is 3. The quantitative estimate of drug-likeness (QED) is 0.466. The molecule has 7 nitrogen and oxygen atoms in total. The summed E-state index contributed by atoms with van der Waals surface area (Å²) in [6.07, 6.45) is 1.57. The Bertz CT molecular complexity index is 1150. The number of nitrogens with zero attached hydrogens (tertiary/aromatic N) is 3. The number of furan rings is 1. The second-order valence-electron chi connectivity index (χ2n) is 6.67. The van der Waals surface area contributed by atoms with Crippen LogP contribution in [0.1, 0.15) is 27.4 Å². The Balaban J connectivity index is 1.33. The molecule has 4 rings (SSSR count). The summed E-state index contributed by atoms with van der Waals surface area (Å²) >= 11 is 6.01. The maximum absolute atomic E-state index is 12.4. The molecule has 0 atom stereocenters. The predicted octanol–water partition coefficient (Wildman–Crippen LogP) is 4.71. The highest BCUT2D eigenvalue weighted by atomic mass is 35.5. The van der Waals surface area contributed by atoms with Crippen LogP contribution in [0.3, 0.4) is 0 Å². The van der Waals surface area contributed by atoms with Crippen molar-refractivity contribution in [2.75, 3.05) is 5.32 Å². The maximum Gasteiger partial charge on any atom is 0.293 e. The summed E-state index contributed by atoms with van der Waals surface area (Å²) in [7, 11) is 0. The van der Waals surface area contributed by atoms with Gasteiger partial charge in [0.05, 0.1) is 6.54 Å². The SMILES string of the molecule is Cc1cc(OCc2ccc(C(=O)Nc3ncn(Cc4ccccc4)n3)o2)ccc1Cl. The molecule has 2 aromatic carbocycles. The minimum atomic E-state index is -0.430. The van der Waals surface area contributed by atoms with Crippen LogP contribution in [0.4, 0.5) is 5.95 Å². The first-order valence-electron chi connectivity index (χ1n) is 9.29. The van der Waals surface area contributed by atoms with Crippen molar-refractivity contribution in [3.63, 3.8) is 0 Å². The van der Waals surface area contributed by atoms with E-state index in [2.05, 4.69) is 15.4 Å². The Kier molecular flexibility index (Phi) is 5.81. The van der Waals surface area contributed by atoms with E-state index in [1.807, 2.05) is 43.3 Å². The summed E-state index contributed by atoms with van der Waals surface area (Å²) in [5.74, 6) is 1.13. The minimum Gasteiger partial charge on any atom is -0.486 e. The zero-order chi connectivity index (χ0) is 20.9. The van der Waals surface area contributed by atoms with Gasteiger partial charge in [-0.05, 0) is 48.4 Å². The molecule has 30 heavy (non-hydrogen) atoms. The number of halogens is 1. The van der Waals surface area contributed by atoms with Crippen LogP contribution in [-0.4, -0.2) is 20.7 Å². The first kappa shape index (κ1) is 19.7. The van der Waals surface area contributed by atoms with Crippen LogP contribution >= 0.6 is 11.6 Å². The summed E-state index contributed by atoms with van der Waals surface area (Å²) in [6, 6.07) is 18.5. The molecule has 2 heterocycles. The molecule has 0 bridgehead atoms. The molecule has 0 aliphatic carbocycles. The smallest absolute Gasteiger partial charge is 0.293 e. The van der Waals surface area contributed by atoms with E-state index in [1.54, 1.807) is 35.3 Å². The van der Waals surface area contributed by atoms with Crippen molar-refractivity contribution in [3.05, 3.63) is 94.7 Å². The summed E-state index contributed by atoms with van der Waals surface area (Å²) in [5.41, 5.74) is 2.01. The number of ether oxygens (including phenoxy) is 1. The summed E-state index contributed by atoms with van der Waals surface area (Å²) in [5, 5.41) is 7.58. The first-order chi connectivity index (χ1) is 14.6. The van der Waals surface area contributed by atoms with Crippen LogP contribution < -0.4 is 10.1 Å². The molecule has 0 aliphatic rings. The molecule has 0 saturated heterocycles. The van der Waals surface area contributed by atoms with Crippen molar-refractivity contribution in [2.24, 2.45) is 0 Å². The van der Waals surface area contributed by atoms with Crippen LogP contribution in [0.5, 0.6) is 5.75 Å². The van der Waals surface area contributed by atoms with E-state index in [0.717, 1.165) is 11.1 Å². The molecule has 0 unspecified atom stereocenters. The Morgan fingerprint density at radius 1 is 1.17 bits per heavy atom. The van der Waals surface area contributed by atoms with Crippen molar-refractivity contribution >= 4 is 23.5 Å². The van der Waals surface area contributed by atoms with E-state index >= 15 is 0 Å². The second-order valence-corrected chi connectivity index (χ2v) is 7.08. The lowest BCUT2D eigenvalue weighted by molar-refractivity contribution is 0.0991. The summed E-state index contributed by atoms with van der Waals surface area (Å²) in [4.78, 5) is 16.5. The summed E-state index contributed by atoms with van der Waals surface area (Å²) < 4.78 is 12.9.